The molecule has 3 aromatic rings. The highest BCUT2D eigenvalue weighted by Crippen LogP contribution is 2.23. The predicted molar refractivity (Wildman–Crippen MR) is 124 cm³/mol. The van der Waals surface area contributed by atoms with E-state index in [-0.39, 0.29) is 17.4 Å². The fourth-order valence-corrected chi connectivity index (χ4v) is 4.24. The first-order valence-electron chi connectivity index (χ1n) is 9.70. The van der Waals surface area contributed by atoms with E-state index in [1.807, 2.05) is 23.6 Å². The number of thioether (sulfide) groups is 1. The minimum absolute atomic E-state index is 0.00503. The van der Waals surface area contributed by atoms with Gasteiger partial charge in [0.25, 0.3) is 0 Å². The van der Waals surface area contributed by atoms with Gasteiger partial charge in [-0.25, -0.2) is 8.42 Å². The first-order chi connectivity index (χ1) is 14.7. The van der Waals surface area contributed by atoms with Crippen molar-refractivity contribution < 1.29 is 13.2 Å². The van der Waals surface area contributed by atoms with Gasteiger partial charge in [0.1, 0.15) is 6.33 Å². The second kappa shape index (κ2) is 9.52. The third-order valence-electron chi connectivity index (χ3n) is 4.77. The van der Waals surface area contributed by atoms with E-state index < -0.39 is 10.0 Å². The van der Waals surface area contributed by atoms with Crippen molar-refractivity contribution in [1.29, 1.82) is 0 Å². The predicted octanol–water partition coefficient (Wildman–Crippen LogP) is 3.68. The SMILES string of the molecule is CCS(=O)(=O)Nc1ccc(NC(=O)CSc2nncn2-c2ccc(C)c(C)c2)cc1C. The van der Waals surface area contributed by atoms with Crippen molar-refractivity contribution in [2.45, 2.75) is 32.9 Å². The van der Waals surface area contributed by atoms with Gasteiger partial charge in [-0.15, -0.1) is 10.2 Å². The smallest absolute Gasteiger partial charge is 0.234 e. The van der Waals surface area contributed by atoms with Crippen LogP contribution in [0.25, 0.3) is 5.69 Å². The Bertz CT molecular complexity index is 1210. The summed E-state index contributed by atoms with van der Waals surface area (Å²) in [4.78, 5) is 12.4. The second-order valence-corrected chi connectivity index (χ2v) is 10.1. The lowest BCUT2D eigenvalue weighted by atomic mass is 10.1. The summed E-state index contributed by atoms with van der Waals surface area (Å²) in [6.45, 7) is 7.46. The molecule has 2 N–H and O–H groups in total. The van der Waals surface area contributed by atoms with Crippen LogP contribution in [0.15, 0.2) is 47.9 Å². The standard InChI is InChI=1S/C21H25N5O3S2/c1-5-31(28,29)25-19-9-7-17(10-16(19)4)23-20(27)12-30-21-24-22-13-26(21)18-8-6-14(2)15(3)11-18/h6-11,13,25H,5,12H2,1-4H3,(H,23,27). The molecule has 10 heteroatoms. The maximum Gasteiger partial charge on any atom is 0.234 e. The number of sulfonamides is 1. The maximum absolute atomic E-state index is 12.4. The number of nitrogens with one attached hydrogen (secondary N) is 2. The second-order valence-electron chi connectivity index (χ2n) is 7.12. The van der Waals surface area contributed by atoms with E-state index in [1.165, 1.54) is 22.9 Å². The van der Waals surface area contributed by atoms with Gasteiger partial charge in [0, 0.05) is 11.4 Å². The third-order valence-corrected chi connectivity index (χ3v) is 7.01. The van der Waals surface area contributed by atoms with Gasteiger partial charge < -0.3 is 5.32 Å². The fourth-order valence-electron chi connectivity index (χ4n) is 2.80. The van der Waals surface area contributed by atoms with Gasteiger partial charge in [0.2, 0.25) is 15.9 Å². The van der Waals surface area contributed by atoms with Crippen LogP contribution in [0.3, 0.4) is 0 Å². The number of aromatic nitrogens is 3. The monoisotopic (exact) mass is 459 g/mol. The van der Waals surface area contributed by atoms with E-state index in [2.05, 4.69) is 33.2 Å². The van der Waals surface area contributed by atoms with Crippen LogP contribution in [-0.4, -0.2) is 40.6 Å². The highest BCUT2D eigenvalue weighted by Gasteiger charge is 2.13. The highest BCUT2D eigenvalue weighted by atomic mass is 32.2. The van der Waals surface area contributed by atoms with Crippen molar-refractivity contribution in [2.24, 2.45) is 0 Å². The van der Waals surface area contributed by atoms with Crippen molar-refractivity contribution in [1.82, 2.24) is 14.8 Å². The Kier molecular flexibility index (Phi) is 7.01. The van der Waals surface area contributed by atoms with Gasteiger partial charge in [0.15, 0.2) is 5.16 Å². The van der Waals surface area contributed by atoms with Crippen LogP contribution in [0.1, 0.15) is 23.6 Å². The average Bonchev–Trinajstić information content (AvgIpc) is 3.19. The summed E-state index contributed by atoms with van der Waals surface area (Å²) in [7, 11) is -3.35. The number of hydrogen-bond acceptors (Lipinski definition) is 6. The zero-order valence-corrected chi connectivity index (χ0v) is 19.5. The Morgan fingerprint density at radius 1 is 1.06 bits per heavy atom. The highest BCUT2D eigenvalue weighted by molar-refractivity contribution is 7.99. The molecule has 0 atom stereocenters. The average molecular weight is 460 g/mol. The summed E-state index contributed by atoms with van der Waals surface area (Å²) in [6.07, 6.45) is 1.63. The first kappa shape index (κ1) is 22.8. The van der Waals surface area contributed by atoms with E-state index in [4.69, 9.17) is 0 Å². The molecule has 0 spiro atoms. The maximum atomic E-state index is 12.4. The van der Waals surface area contributed by atoms with Gasteiger partial charge in [0.05, 0.1) is 17.2 Å². The van der Waals surface area contributed by atoms with Crippen LogP contribution in [0.2, 0.25) is 0 Å². The zero-order chi connectivity index (χ0) is 22.6. The quantitative estimate of drug-likeness (QED) is 0.498. The Balaban J connectivity index is 1.63. The van der Waals surface area contributed by atoms with Crippen molar-refractivity contribution in [3.8, 4) is 5.69 Å². The third kappa shape index (κ3) is 5.86. The van der Waals surface area contributed by atoms with Gasteiger partial charge in [-0.05, 0) is 74.7 Å². The van der Waals surface area contributed by atoms with Crippen LogP contribution < -0.4 is 10.0 Å². The van der Waals surface area contributed by atoms with Gasteiger partial charge in [-0.1, -0.05) is 17.8 Å². The molecule has 164 valence electrons. The summed E-state index contributed by atoms with van der Waals surface area (Å²) in [5.41, 5.74) is 5.12. The lowest BCUT2D eigenvalue weighted by Gasteiger charge is -2.12. The molecule has 0 saturated heterocycles. The molecule has 3 rings (SSSR count). The molecule has 1 amide bonds. The minimum Gasteiger partial charge on any atom is -0.325 e. The van der Waals surface area contributed by atoms with Crippen molar-refractivity contribution in [2.75, 3.05) is 21.5 Å². The Hall–Kier alpha value is -2.85. The number of hydrogen-bond donors (Lipinski definition) is 2. The number of amides is 1. The molecule has 0 bridgehead atoms. The summed E-state index contributed by atoms with van der Waals surface area (Å²) in [6, 6.07) is 11.1. The van der Waals surface area contributed by atoms with Crippen molar-refractivity contribution in [3.63, 3.8) is 0 Å². The van der Waals surface area contributed by atoms with Crippen LogP contribution in [-0.2, 0) is 14.8 Å². The van der Waals surface area contributed by atoms with Crippen molar-refractivity contribution in [3.05, 3.63) is 59.4 Å². The molecule has 0 aliphatic heterocycles. The largest absolute Gasteiger partial charge is 0.325 e. The molecule has 0 aliphatic rings. The molecule has 1 aromatic heterocycles. The van der Waals surface area contributed by atoms with Gasteiger partial charge >= 0.3 is 0 Å². The molecule has 8 nitrogen and oxygen atoms in total. The van der Waals surface area contributed by atoms with Crippen molar-refractivity contribution >= 4 is 39.1 Å². The molecule has 0 unspecified atom stereocenters. The van der Waals surface area contributed by atoms with E-state index >= 15 is 0 Å². The summed E-state index contributed by atoms with van der Waals surface area (Å²) in [5.74, 6) is -0.0391. The lowest BCUT2D eigenvalue weighted by molar-refractivity contribution is -0.113. The number of benzene rings is 2. The molecule has 2 aromatic carbocycles. The van der Waals surface area contributed by atoms with Crippen LogP contribution in [0, 0.1) is 20.8 Å². The molecule has 31 heavy (non-hydrogen) atoms. The summed E-state index contributed by atoms with van der Waals surface area (Å²) < 4.78 is 27.9. The number of aryl methyl sites for hydroxylation is 3. The number of nitrogens with zero attached hydrogens (tertiary/aromatic N) is 3. The topological polar surface area (TPSA) is 106 Å². The van der Waals surface area contributed by atoms with E-state index in [0.29, 0.717) is 16.5 Å². The number of carbonyl (C=O) groups is 1. The lowest BCUT2D eigenvalue weighted by Crippen LogP contribution is -2.16. The first-order valence-corrected chi connectivity index (χ1v) is 12.3. The molecule has 0 aliphatic carbocycles. The Morgan fingerprint density at radius 2 is 1.84 bits per heavy atom. The Labute approximate surface area is 186 Å². The molecular weight excluding hydrogens is 434 g/mol. The minimum atomic E-state index is -3.35. The van der Waals surface area contributed by atoms with E-state index in [9.17, 15) is 13.2 Å². The van der Waals surface area contributed by atoms with E-state index in [0.717, 1.165) is 11.3 Å². The number of anilines is 2. The molecule has 0 fully saturated rings. The molecule has 0 radical (unpaired) electrons. The normalized spacial score (nSPS) is 11.4. The summed E-state index contributed by atoms with van der Waals surface area (Å²) in [5, 5.41) is 11.6. The van der Waals surface area contributed by atoms with Crippen LogP contribution in [0.5, 0.6) is 0 Å². The number of rotatable bonds is 8. The fraction of sp³-hybridized carbons (Fsp3) is 0.286. The van der Waals surface area contributed by atoms with E-state index in [1.54, 1.807) is 38.4 Å². The van der Waals surface area contributed by atoms with Crippen LogP contribution >= 0.6 is 11.8 Å². The summed E-state index contributed by atoms with van der Waals surface area (Å²) >= 11 is 1.29. The zero-order valence-electron chi connectivity index (χ0n) is 17.8. The van der Waals surface area contributed by atoms with Crippen LogP contribution in [0.4, 0.5) is 11.4 Å². The van der Waals surface area contributed by atoms with Gasteiger partial charge in [-0.3, -0.25) is 14.1 Å². The molecule has 1 heterocycles. The number of carbonyl (C=O) groups excluding carboxylic acids is 1. The Morgan fingerprint density at radius 3 is 2.52 bits per heavy atom. The molecular formula is C21H25N5O3S2. The molecule has 0 saturated carbocycles. The van der Waals surface area contributed by atoms with Gasteiger partial charge in [-0.2, -0.15) is 0 Å².